The lowest BCUT2D eigenvalue weighted by Gasteiger charge is -2.33. The molecule has 6 heteroatoms. The Morgan fingerprint density at radius 2 is 1.86 bits per heavy atom. The molecule has 2 heterocycles. The molecule has 1 unspecified atom stereocenters. The van der Waals surface area contributed by atoms with Gasteiger partial charge >= 0.3 is 0 Å². The molecule has 2 aromatic rings. The first kappa shape index (κ1) is 21.2. The van der Waals surface area contributed by atoms with Crippen molar-refractivity contribution in [2.75, 3.05) is 52.2 Å². The fraction of sp³-hybridized carbons (Fsp3) is 0.522. The van der Waals surface area contributed by atoms with Gasteiger partial charge in [0.1, 0.15) is 5.76 Å². The van der Waals surface area contributed by atoms with Crippen LogP contribution in [0.4, 0.5) is 5.69 Å². The van der Waals surface area contributed by atoms with E-state index in [1.54, 1.807) is 6.26 Å². The zero-order valence-corrected chi connectivity index (χ0v) is 18.0. The van der Waals surface area contributed by atoms with Crippen molar-refractivity contribution in [2.24, 2.45) is 4.99 Å². The number of guanidine groups is 1. The van der Waals surface area contributed by atoms with Crippen LogP contribution in [0.5, 0.6) is 0 Å². The van der Waals surface area contributed by atoms with E-state index in [1.807, 2.05) is 13.1 Å². The first-order chi connectivity index (χ1) is 14.2. The normalized spacial score (nSPS) is 16.4. The van der Waals surface area contributed by atoms with Crippen molar-refractivity contribution < 1.29 is 4.42 Å². The Hall–Kier alpha value is -2.47. The molecule has 0 radical (unpaired) electrons. The number of anilines is 1. The fourth-order valence-corrected chi connectivity index (χ4v) is 3.82. The SMILES string of the molecule is CN=C(NCCc1ccc(N(C)C)cc1)NCC(c1ccco1)N1CCCCC1. The molecule has 158 valence electrons. The minimum atomic E-state index is 0.238. The summed E-state index contributed by atoms with van der Waals surface area (Å²) < 4.78 is 5.73. The van der Waals surface area contributed by atoms with Crippen LogP contribution in [0.25, 0.3) is 0 Å². The summed E-state index contributed by atoms with van der Waals surface area (Å²) in [6.07, 6.45) is 6.57. The molecule has 1 aromatic carbocycles. The summed E-state index contributed by atoms with van der Waals surface area (Å²) in [6, 6.07) is 13.0. The summed E-state index contributed by atoms with van der Waals surface area (Å²) in [5.74, 6) is 1.86. The molecule has 1 aliphatic heterocycles. The molecule has 1 atom stereocenters. The van der Waals surface area contributed by atoms with E-state index < -0.39 is 0 Å². The molecule has 0 spiro atoms. The predicted molar refractivity (Wildman–Crippen MR) is 121 cm³/mol. The number of hydrogen-bond acceptors (Lipinski definition) is 4. The first-order valence-electron chi connectivity index (χ1n) is 10.7. The number of nitrogens with one attached hydrogen (secondary N) is 2. The van der Waals surface area contributed by atoms with Crippen LogP contribution < -0.4 is 15.5 Å². The third kappa shape index (κ3) is 6.26. The minimum absolute atomic E-state index is 0.238. The van der Waals surface area contributed by atoms with Gasteiger partial charge in [0.05, 0.1) is 12.3 Å². The van der Waals surface area contributed by atoms with Gasteiger partial charge in [0, 0.05) is 39.9 Å². The van der Waals surface area contributed by atoms with Gasteiger partial charge in [-0.1, -0.05) is 18.6 Å². The number of rotatable bonds is 8. The maximum atomic E-state index is 5.73. The Balaban J connectivity index is 1.49. The van der Waals surface area contributed by atoms with E-state index in [-0.39, 0.29) is 6.04 Å². The van der Waals surface area contributed by atoms with Crippen LogP contribution in [0.2, 0.25) is 0 Å². The lowest BCUT2D eigenvalue weighted by atomic mass is 10.1. The second-order valence-electron chi connectivity index (χ2n) is 7.82. The number of likely N-dealkylation sites (tertiary alicyclic amines) is 1. The van der Waals surface area contributed by atoms with Crippen molar-refractivity contribution >= 4 is 11.6 Å². The molecule has 1 fully saturated rings. The zero-order chi connectivity index (χ0) is 20.5. The molecule has 0 bridgehead atoms. The van der Waals surface area contributed by atoms with Crippen LogP contribution >= 0.6 is 0 Å². The van der Waals surface area contributed by atoms with Gasteiger partial charge in [0.25, 0.3) is 0 Å². The molecule has 6 nitrogen and oxygen atoms in total. The van der Waals surface area contributed by atoms with Gasteiger partial charge in [-0.2, -0.15) is 0 Å². The standard InChI is InChI=1S/C23H35N5O/c1-24-23(25-14-13-19-9-11-20(12-10-19)27(2)3)26-18-21(22-8-7-17-29-22)28-15-5-4-6-16-28/h7-12,17,21H,4-6,13-16,18H2,1-3H3,(H2,24,25,26). The summed E-state index contributed by atoms with van der Waals surface area (Å²) in [5.41, 5.74) is 2.54. The molecule has 0 saturated carbocycles. The number of nitrogens with zero attached hydrogens (tertiary/aromatic N) is 3. The summed E-state index contributed by atoms with van der Waals surface area (Å²) in [6.45, 7) is 3.88. The molecule has 1 aromatic heterocycles. The number of furan rings is 1. The van der Waals surface area contributed by atoms with E-state index in [2.05, 4.69) is 69.9 Å². The molecule has 0 amide bonds. The minimum Gasteiger partial charge on any atom is -0.468 e. The van der Waals surface area contributed by atoms with Gasteiger partial charge in [-0.05, 0) is 62.2 Å². The second-order valence-corrected chi connectivity index (χ2v) is 7.82. The van der Waals surface area contributed by atoms with E-state index in [0.29, 0.717) is 0 Å². The quantitative estimate of drug-likeness (QED) is 0.529. The fourth-order valence-electron chi connectivity index (χ4n) is 3.82. The Labute approximate surface area is 175 Å². The van der Waals surface area contributed by atoms with Gasteiger partial charge in [-0.25, -0.2) is 0 Å². The summed E-state index contributed by atoms with van der Waals surface area (Å²) >= 11 is 0. The predicted octanol–water partition coefficient (Wildman–Crippen LogP) is 3.28. The van der Waals surface area contributed by atoms with Crippen LogP contribution in [0.15, 0.2) is 52.1 Å². The van der Waals surface area contributed by atoms with Gasteiger partial charge in [0.15, 0.2) is 5.96 Å². The van der Waals surface area contributed by atoms with Gasteiger partial charge in [-0.3, -0.25) is 9.89 Å². The van der Waals surface area contributed by atoms with Crippen molar-refractivity contribution in [3.05, 3.63) is 54.0 Å². The smallest absolute Gasteiger partial charge is 0.191 e. The summed E-state index contributed by atoms with van der Waals surface area (Å²) in [5, 5.41) is 6.93. The highest BCUT2D eigenvalue weighted by atomic mass is 16.3. The Bertz CT molecular complexity index is 733. The van der Waals surface area contributed by atoms with Crippen molar-refractivity contribution in [2.45, 2.75) is 31.7 Å². The highest BCUT2D eigenvalue weighted by Crippen LogP contribution is 2.24. The van der Waals surface area contributed by atoms with Gasteiger partial charge in [0.2, 0.25) is 0 Å². The molecule has 29 heavy (non-hydrogen) atoms. The second kappa shape index (κ2) is 10.9. The van der Waals surface area contributed by atoms with Crippen LogP contribution in [0, 0.1) is 0 Å². The largest absolute Gasteiger partial charge is 0.468 e. The topological polar surface area (TPSA) is 56.0 Å². The van der Waals surface area contributed by atoms with Crippen LogP contribution in [0.3, 0.4) is 0 Å². The molecule has 3 rings (SSSR count). The highest BCUT2D eigenvalue weighted by molar-refractivity contribution is 5.79. The number of piperidine rings is 1. The zero-order valence-electron chi connectivity index (χ0n) is 18.0. The van der Waals surface area contributed by atoms with Crippen molar-refractivity contribution in [1.82, 2.24) is 15.5 Å². The van der Waals surface area contributed by atoms with E-state index in [1.165, 1.54) is 30.5 Å². The monoisotopic (exact) mass is 397 g/mol. The third-order valence-electron chi connectivity index (χ3n) is 5.55. The molecule has 1 saturated heterocycles. The van der Waals surface area contributed by atoms with E-state index >= 15 is 0 Å². The van der Waals surface area contributed by atoms with E-state index in [4.69, 9.17) is 4.42 Å². The van der Waals surface area contributed by atoms with Crippen molar-refractivity contribution in [3.63, 3.8) is 0 Å². The summed E-state index contributed by atoms with van der Waals surface area (Å²) in [7, 11) is 5.95. The van der Waals surface area contributed by atoms with E-state index in [9.17, 15) is 0 Å². The van der Waals surface area contributed by atoms with Crippen molar-refractivity contribution in [1.29, 1.82) is 0 Å². The van der Waals surface area contributed by atoms with Crippen LogP contribution in [-0.4, -0.2) is 58.2 Å². The molecular formula is C23H35N5O. The Morgan fingerprint density at radius 1 is 1.10 bits per heavy atom. The lowest BCUT2D eigenvalue weighted by Crippen LogP contribution is -2.44. The maximum absolute atomic E-state index is 5.73. The van der Waals surface area contributed by atoms with Gasteiger partial charge < -0.3 is 20.0 Å². The van der Waals surface area contributed by atoms with Crippen LogP contribution in [-0.2, 0) is 6.42 Å². The third-order valence-corrected chi connectivity index (χ3v) is 5.55. The molecular weight excluding hydrogens is 362 g/mol. The number of aliphatic imine (C=N–C) groups is 1. The molecule has 2 N–H and O–H groups in total. The number of hydrogen-bond donors (Lipinski definition) is 2. The molecule has 0 aliphatic carbocycles. The Kier molecular flexibility index (Phi) is 7.99. The maximum Gasteiger partial charge on any atom is 0.191 e. The Morgan fingerprint density at radius 3 is 2.48 bits per heavy atom. The van der Waals surface area contributed by atoms with Gasteiger partial charge in [-0.15, -0.1) is 0 Å². The highest BCUT2D eigenvalue weighted by Gasteiger charge is 2.24. The van der Waals surface area contributed by atoms with E-state index in [0.717, 1.165) is 44.3 Å². The lowest BCUT2D eigenvalue weighted by molar-refractivity contribution is 0.146. The number of benzene rings is 1. The average Bonchev–Trinajstić information content (AvgIpc) is 3.28. The average molecular weight is 398 g/mol. The summed E-state index contributed by atoms with van der Waals surface area (Å²) in [4.78, 5) is 9.03. The van der Waals surface area contributed by atoms with Crippen molar-refractivity contribution in [3.8, 4) is 0 Å². The first-order valence-corrected chi connectivity index (χ1v) is 10.7. The van der Waals surface area contributed by atoms with Crippen LogP contribution in [0.1, 0.15) is 36.6 Å². The molecule has 1 aliphatic rings.